The maximum Gasteiger partial charge on any atom is 0.269 e. The first-order chi connectivity index (χ1) is 16.5. The zero-order valence-corrected chi connectivity index (χ0v) is 19.8. The fraction of sp³-hybridized carbons (Fsp3) is 0.120. The van der Waals surface area contributed by atoms with Gasteiger partial charge in [-0.05, 0) is 79.8 Å². The molecular weight excluding hydrogens is 468 g/mol. The highest BCUT2D eigenvalue weighted by atomic mass is 32.2. The molecule has 1 saturated heterocycles. The van der Waals surface area contributed by atoms with Crippen LogP contribution >= 0.6 is 24.0 Å². The van der Waals surface area contributed by atoms with E-state index in [1.54, 1.807) is 18.3 Å². The van der Waals surface area contributed by atoms with Crippen LogP contribution < -0.4 is 10.2 Å². The number of hydrogen-bond donors (Lipinski definition) is 1. The number of nitrogens with one attached hydrogen (secondary N) is 1. The average molecular weight is 489 g/mol. The summed E-state index contributed by atoms with van der Waals surface area (Å²) in [4.78, 5) is 19.0. The Labute approximate surface area is 206 Å². The summed E-state index contributed by atoms with van der Waals surface area (Å²) in [5.74, 6) is 1.65. The number of furan rings is 1. The van der Waals surface area contributed by atoms with Crippen molar-refractivity contribution in [3.05, 3.63) is 112 Å². The van der Waals surface area contributed by atoms with Crippen molar-refractivity contribution < 1.29 is 9.34 Å². The molecule has 3 heterocycles. The molecule has 1 aliphatic heterocycles. The largest absolute Gasteiger partial charge is 0.464 e. The van der Waals surface area contributed by atoms with Crippen LogP contribution in [-0.2, 0) is 0 Å². The van der Waals surface area contributed by atoms with Crippen molar-refractivity contribution in [1.82, 2.24) is 10.3 Å². The van der Waals surface area contributed by atoms with Gasteiger partial charge in [0.2, 0.25) is 0 Å². The monoisotopic (exact) mass is 488 g/mol. The molecule has 1 aliphatic rings. The summed E-state index contributed by atoms with van der Waals surface area (Å²) in [7, 11) is 0. The minimum absolute atomic E-state index is 0.0800. The molecule has 5 rings (SSSR count). The quantitative estimate of drug-likeness (QED) is 0.195. The fourth-order valence-corrected chi connectivity index (χ4v) is 5.14. The summed E-state index contributed by atoms with van der Waals surface area (Å²) in [6, 6.07) is 24.0. The Hall–Kier alpha value is -3.69. The molecule has 1 fully saturated rings. The number of nitro benzene ring substituents is 1. The van der Waals surface area contributed by atoms with Crippen molar-refractivity contribution in [3.63, 3.8) is 0 Å². The molecule has 170 valence electrons. The minimum Gasteiger partial charge on any atom is -0.464 e. The Kier molecular flexibility index (Phi) is 6.04. The van der Waals surface area contributed by atoms with Crippen molar-refractivity contribution in [2.24, 2.45) is 0 Å². The van der Waals surface area contributed by atoms with Crippen LogP contribution in [0.4, 0.5) is 11.4 Å². The van der Waals surface area contributed by atoms with Crippen LogP contribution in [0.15, 0.2) is 99.3 Å². The standard InChI is InChI=1S/C25H20N4O3S2/c1-16-5-14-22(32-16)24-23(21-4-2-3-15-26-21)27-25(33)28(24)17-6-10-19(11-7-17)34-20-12-8-18(9-13-20)29(30)31/h2-15,23-24H,1H3,(H,27,33)/t23-,24-/m1/s1. The van der Waals surface area contributed by atoms with Crippen LogP contribution in [0.1, 0.15) is 29.3 Å². The summed E-state index contributed by atoms with van der Waals surface area (Å²) in [6.45, 7) is 1.93. The number of hydrogen-bond acceptors (Lipinski definition) is 6. The molecule has 0 aliphatic carbocycles. The number of pyridine rings is 1. The summed E-state index contributed by atoms with van der Waals surface area (Å²) in [5.41, 5.74) is 1.90. The van der Waals surface area contributed by atoms with Crippen LogP contribution in [-0.4, -0.2) is 15.0 Å². The first-order valence-corrected chi connectivity index (χ1v) is 11.8. The molecule has 1 N–H and O–H groups in total. The van der Waals surface area contributed by atoms with E-state index in [1.165, 1.54) is 23.9 Å². The first kappa shape index (κ1) is 22.1. The number of benzene rings is 2. The van der Waals surface area contributed by atoms with Crippen LogP contribution in [0.25, 0.3) is 0 Å². The second kappa shape index (κ2) is 9.28. The molecule has 0 radical (unpaired) electrons. The topological polar surface area (TPSA) is 84.4 Å². The Morgan fingerprint density at radius 1 is 1.03 bits per heavy atom. The number of rotatable bonds is 6. The number of anilines is 1. The van der Waals surface area contributed by atoms with E-state index >= 15 is 0 Å². The van der Waals surface area contributed by atoms with E-state index in [0.29, 0.717) is 5.11 Å². The Bertz CT molecular complexity index is 1320. The summed E-state index contributed by atoms with van der Waals surface area (Å²) in [5, 5.41) is 14.9. The molecule has 0 saturated carbocycles. The molecule has 4 aromatic rings. The molecule has 0 unspecified atom stereocenters. The van der Waals surface area contributed by atoms with Crippen LogP contribution in [0.3, 0.4) is 0 Å². The van der Waals surface area contributed by atoms with Gasteiger partial charge in [-0.15, -0.1) is 0 Å². The molecule has 0 amide bonds. The number of aryl methyl sites for hydroxylation is 1. The first-order valence-electron chi connectivity index (χ1n) is 10.6. The molecule has 2 atom stereocenters. The van der Waals surface area contributed by atoms with E-state index in [4.69, 9.17) is 16.6 Å². The average Bonchev–Trinajstić information content (AvgIpc) is 3.43. The van der Waals surface area contributed by atoms with Crippen molar-refractivity contribution in [2.75, 3.05) is 4.90 Å². The maximum absolute atomic E-state index is 10.9. The number of nitrogens with zero attached hydrogens (tertiary/aromatic N) is 3. The summed E-state index contributed by atoms with van der Waals surface area (Å²) >= 11 is 7.28. The molecule has 2 aromatic heterocycles. The second-order valence-electron chi connectivity index (χ2n) is 7.79. The molecule has 34 heavy (non-hydrogen) atoms. The predicted octanol–water partition coefficient (Wildman–Crippen LogP) is 6.22. The van der Waals surface area contributed by atoms with Gasteiger partial charge in [0.25, 0.3) is 5.69 Å². The van der Waals surface area contributed by atoms with Gasteiger partial charge in [-0.1, -0.05) is 17.8 Å². The Morgan fingerprint density at radius 3 is 2.32 bits per heavy atom. The lowest BCUT2D eigenvalue weighted by Gasteiger charge is -2.26. The zero-order valence-electron chi connectivity index (χ0n) is 18.1. The van der Waals surface area contributed by atoms with E-state index in [0.717, 1.165) is 32.7 Å². The molecule has 0 bridgehead atoms. The number of thiocarbonyl (C=S) groups is 1. The van der Waals surface area contributed by atoms with E-state index in [2.05, 4.69) is 15.2 Å². The van der Waals surface area contributed by atoms with Gasteiger partial charge in [0, 0.05) is 33.8 Å². The van der Waals surface area contributed by atoms with Gasteiger partial charge in [0.1, 0.15) is 17.6 Å². The van der Waals surface area contributed by atoms with Gasteiger partial charge in [0.15, 0.2) is 5.11 Å². The normalized spacial score (nSPS) is 17.6. The number of aromatic nitrogens is 1. The highest BCUT2D eigenvalue weighted by Crippen LogP contribution is 2.42. The van der Waals surface area contributed by atoms with E-state index in [1.807, 2.05) is 61.5 Å². The van der Waals surface area contributed by atoms with Crippen molar-refractivity contribution in [2.45, 2.75) is 28.8 Å². The van der Waals surface area contributed by atoms with Crippen molar-refractivity contribution in [1.29, 1.82) is 0 Å². The van der Waals surface area contributed by atoms with Crippen LogP contribution in [0.5, 0.6) is 0 Å². The summed E-state index contributed by atoms with van der Waals surface area (Å²) < 4.78 is 6.03. The van der Waals surface area contributed by atoms with Crippen LogP contribution in [0.2, 0.25) is 0 Å². The Balaban J connectivity index is 1.43. The third kappa shape index (κ3) is 4.40. The molecule has 7 nitrogen and oxygen atoms in total. The van der Waals surface area contributed by atoms with Gasteiger partial charge in [-0.2, -0.15) is 0 Å². The molecule has 9 heteroatoms. The van der Waals surface area contributed by atoms with Gasteiger partial charge in [-0.3, -0.25) is 15.1 Å². The lowest BCUT2D eigenvalue weighted by Crippen LogP contribution is -2.29. The maximum atomic E-state index is 10.9. The number of non-ortho nitro benzene ring substituents is 1. The predicted molar refractivity (Wildman–Crippen MR) is 135 cm³/mol. The third-order valence-electron chi connectivity index (χ3n) is 5.55. The second-order valence-corrected chi connectivity index (χ2v) is 9.33. The lowest BCUT2D eigenvalue weighted by atomic mass is 10.0. The van der Waals surface area contributed by atoms with Crippen molar-refractivity contribution >= 4 is 40.5 Å². The van der Waals surface area contributed by atoms with Gasteiger partial charge in [0.05, 0.1) is 16.7 Å². The molecule has 2 aromatic carbocycles. The summed E-state index contributed by atoms with van der Waals surface area (Å²) in [6.07, 6.45) is 1.78. The molecular formula is C25H20N4O3S2. The zero-order chi connectivity index (χ0) is 23.7. The third-order valence-corrected chi connectivity index (χ3v) is 6.88. The minimum atomic E-state index is -0.397. The van der Waals surface area contributed by atoms with Gasteiger partial charge >= 0.3 is 0 Å². The lowest BCUT2D eigenvalue weighted by molar-refractivity contribution is -0.384. The van der Waals surface area contributed by atoms with E-state index in [-0.39, 0.29) is 17.8 Å². The van der Waals surface area contributed by atoms with Crippen molar-refractivity contribution in [3.8, 4) is 0 Å². The van der Waals surface area contributed by atoms with Gasteiger partial charge < -0.3 is 14.6 Å². The fourth-order valence-electron chi connectivity index (χ4n) is 3.98. The molecule has 0 spiro atoms. The SMILES string of the molecule is Cc1ccc([C@@H]2[C@@H](c3ccccn3)NC(=S)N2c2ccc(Sc3ccc([N+](=O)[O-])cc3)cc2)o1. The smallest absolute Gasteiger partial charge is 0.269 e. The Morgan fingerprint density at radius 2 is 1.74 bits per heavy atom. The highest BCUT2D eigenvalue weighted by Gasteiger charge is 2.42. The van der Waals surface area contributed by atoms with E-state index < -0.39 is 4.92 Å². The van der Waals surface area contributed by atoms with E-state index in [9.17, 15) is 10.1 Å². The van der Waals surface area contributed by atoms with Gasteiger partial charge in [-0.25, -0.2) is 0 Å². The highest BCUT2D eigenvalue weighted by molar-refractivity contribution is 7.99. The number of nitro groups is 1. The van der Waals surface area contributed by atoms with Crippen LogP contribution in [0, 0.1) is 17.0 Å².